The Bertz CT molecular complexity index is 546. The number of aromatic carboxylic acids is 1. The lowest BCUT2D eigenvalue weighted by atomic mass is 10.1. The summed E-state index contributed by atoms with van der Waals surface area (Å²) in [5, 5.41) is 8.77. The van der Waals surface area contributed by atoms with Gasteiger partial charge < -0.3 is 9.84 Å². The van der Waals surface area contributed by atoms with Gasteiger partial charge >= 0.3 is 5.97 Å². The smallest absolute Gasteiger partial charge is 0.335 e. The molecule has 0 saturated carbocycles. The second kappa shape index (κ2) is 5.68. The summed E-state index contributed by atoms with van der Waals surface area (Å²) in [6.45, 7) is 1.57. The Balaban J connectivity index is 2.09. The number of carboxylic acids is 1. The molecule has 1 heterocycles. The molecule has 0 amide bonds. The first-order chi connectivity index (χ1) is 8.99. The van der Waals surface area contributed by atoms with E-state index in [2.05, 4.69) is 0 Å². The fourth-order valence-electron chi connectivity index (χ4n) is 1.87. The van der Waals surface area contributed by atoms with E-state index in [0.29, 0.717) is 31.9 Å². The minimum atomic E-state index is -3.36. The molecule has 0 bridgehead atoms. The van der Waals surface area contributed by atoms with Gasteiger partial charge in [-0.1, -0.05) is 12.1 Å². The van der Waals surface area contributed by atoms with Crippen molar-refractivity contribution in [1.29, 1.82) is 0 Å². The van der Waals surface area contributed by atoms with Gasteiger partial charge in [0, 0.05) is 13.1 Å². The fourth-order valence-corrected chi connectivity index (χ4v) is 3.37. The predicted molar refractivity (Wildman–Crippen MR) is 68.4 cm³/mol. The van der Waals surface area contributed by atoms with E-state index in [1.54, 1.807) is 0 Å². The van der Waals surface area contributed by atoms with Gasteiger partial charge in [0.25, 0.3) is 0 Å². The highest BCUT2D eigenvalue weighted by Crippen LogP contribution is 2.13. The van der Waals surface area contributed by atoms with Gasteiger partial charge in [0.15, 0.2) is 0 Å². The molecule has 19 heavy (non-hydrogen) atoms. The molecule has 1 saturated heterocycles. The van der Waals surface area contributed by atoms with Crippen LogP contribution in [0.15, 0.2) is 24.3 Å². The first-order valence-electron chi connectivity index (χ1n) is 5.87. The van der Waals surface area contributed by atoms with Crippen molar-refractivity contribution < 1.29 is 23.1 Å². The molecule has 1 fully saturated rings. The first-order valence-corrected chi connectivity index (χ1v) is 7.48. The summed E-state index contributed by atoms with van der Waals surface area (Å²) in [6.07, 6.45) is 0. The molecule has 0 aromatic heterocycles. The van der Waals surface area contributed by atoms with Gasteiger partial charge in [-0.2, -0.15) is 4.31 Å². The van der Waals surface area contributed by atoms with Crippen molar-refractivity contribution >= 4 is 16.0 Å². The van der Waals surface area contributed by atoms with E-state index in [1.165, 1.54) is 28.6 Å². The molecule has 1 aromatic rings. The van der Waals surface area contributed by atoms with Gasteiger partial charge in [-0.25, -0.2) is 13.2 Å². The number of nitrogens with zero attached hydrogens (tertiary/aromatic N) is 1. The molecule has 1 N–H and O–H groups in total. The van der Waals surface area contributed by atoms with Crippen LogP contribution in [0.2, 0.25) is 0 Å². The number of ether oxygens (including phenoxy) is 1. The molecule has 6 nitrogen and oxygen atoms in total. The highest BCUT2D eigenvalue weighted by atomic mass is 32.2. The van der Waals surface area contributed by atoms with Gasteiger partial charge in [0.2, 0.25) is 10.0 Å². The second-order valence-electron chi connectivity index (χ2n) is 4.27. The summed E-state index contributed by atoms with van der Waals surface area (Å²) in [7, 11) is -3.36. The quantitative estimate of drug-likeness (QED) is 0.873. The van der Waals surface area contributed by atoms with Crippen LogP contribution in [0.1, 0.15) is 15.9 Å². The minimum Gasteiger partial charge on any atom is -0.478 e. The minimum absolute atomic E-state index is 0.118. The maximum Gasteiger partial charge on any atom is 0.335 e. The maximum absolute atomic E-state index is 12.1. The van der Waals surface area contributed by atoms with Crippen LogP contribution in [-0.2, 0) is 20.5 Å². The van der Waals surface area contributed by atoms with Gasteiger partial charge in [-0.3, -0.25) is 0 Å². The van der Waals surface area contributed by atoms with E-state index in [-0.39, 0.29) is 11.3 Å². The first kappa shape index (κ1) is 14.0. The molecular formula is C12H15NO5S. The van der Waals surface area contributed by atoms with E-state index in [9.17, 15) is 13.2 Å². The zero-order valence-electron chi connectivity index (χ0n) is 10.3. The maximum atomic E-state index is 12.1. The summed E-state index contributed by atoms with van der Waals surface area (Å²) in [6, 6.07) is 5.88. The molecule has 0 unspecified atom stereocenters. The summed E-state index contributed by atoms with van der Waals surface area (Å²) >= 11 is 0. The topological polar surface area (TPSA) is 83.9 Å². The third-order valence-corrected chi connectivity index (χ3v) is 4.76. The van der Waals surface area contributed by atoms with Crippen LogP contribution in [0.5, 0.6) is 0 Å². The molecule has 1 aromatic carbocycles. The van der Waals surface area contributed by atoms with E-state index >= 15 is 0 Å². The van der Waals surface area contributed by atoms with E-state index < -0.39 is 16.0 Å². The number of rotatable bonds is 4. The largest absolute Gasteiger partial charge is 0.478 e. The van der Waals surface area contributed by atoms with Crippen molar-refractivity contribution in [1.82, 2.24) is 4.31 Å². The van der Waals surface area contributed by atoms with Gasteiger partial charge in [-0.15, -0.1) is 0 Å². The molecule has 0 spiro atoms. The fraction of sp³-hybridized carbons (Fsp3) is 0.417. The highest BCUT2D eigenvalue weighted by molar-refractivity contribution is 7.88. The summed E-state index contributed by atoms with van der Waals surface area (Å²) in [5.74, 6) is -1.14. The zero-order valence-corrected chi connectivity index (χ0v) is 11.1. The number of benzene rings is 1. The Morgan fingerprint density at radius 1 is 1.21 bits per heavy atom. The summed E-state index contributed by atoms with van der Waals surface area (Å²) < 4.78 is 30.8. The molecule has 0 atom stereocenters. The lowest BCUT2D eigenvalue weighted by Crippen LogP contribution is -2.41. The van der Waals surface area contributed by atoms with Crippen molar-refractivity contribution in [2.24, 2.45) is 0 Å². The van der Waals surface area contributed by atoms with Crippen LogP contribution in [0, 0.1) is 0 Å². The van der Waals surface area contributed by atoms with E-state index in [1.807, 2.05) is 0 Å². The highest BCUT2D eigenvalue weighted by Gasteiger charge is 2.24. The number of morpholine rings is 1. The lowest BCUT2D eigenvalue weighted by Gasteiger charge is -2.26. The van der Waals surface area contributed by atoms with Crippen LogP contribution in [0.25, 0.3) is 0 Å². The third-order valence-electron chi connectivity index (χ3n) is 2.91. The van der Waals surface area contributed by atoms with Crippen molar-refractivity contribution in [2.45, 2.75) is 5.75 Å². The number of carbonyl (C=O) groups is 1. The molecule has 1 aliphatic rings. The number of carboxylic acid groups (broad SMARTS) is 1. The van der Waals surface area contributed by atoms with E-state index in [0.717, 1.165) is 0 Å². The van der Waals surface area contributed by atoms with Gasteiger partial charge in [0.05, 0.1) is 24.5 Å². The molecule has 0 aliphatic carbocycles. The van der Waals surface area contributed by atoms with E-state index in [4.69, 9.17) is 9.84 Å². The molecule has 2 rings (SSSR count). The second-order valence-corrected chi connectivity index (χ2v) is 6.24. The molecule has 0 radical (unpaired) electrons. The average molecular weight is 285 g/mol. The molecule has 7 heteroatoms. The van der Waals surface area contributed by atoms with Crippen LogP contribution in [0.4, 0.5) is 0 Å². The third kappa shape index (κ3) is 3.52. The van der Waals surface area contributed by atoms with Crippen molar-refractivity contribution in [2.75, 3.05) is 26.3 Å². The molecule has 104 valence electrons. The Labute approximate surface area is 111 Å². The van der Waals surface area contributed by atoms with Crippen LogP contribution in [-0.4, -0.2) is 50.1 Å². The Morgan fingerprint density at radius 2 is 1.79 bits per heavy atom. The average Bonchev–Trinajstić information content (AvgIpc) is 2.40. The monoisotopic (exact) mass is 285 g/mol. The van der Waals surface area contributed by atoms with Crippen LogP contribution >= 0.6 is 0 Å². The lowest BCUT2D eigenvalue weighted by molar-refractivity contribution is 0.0697. The van der Waals surface area contributed by atoms with Crippen molar-refractivity contribution in [3.8, 4) is 0 Å². The standard InChI is InChI=1S/C12H15NO5S/c14-12(15)11-3-1-10(2-4-11)9-19(16,17)13-5-7-18-8-6-13/h1-4H,5-9H2,(H,14,15). The van der Waals surface area contributed by atoms with Crippen LogP contribution < -0.4 is 0 Å². The molecular weight excluding hydrogens is 270 g/mol. The van der Waals surface area contributed by atoms with Gasteiger partial charge in [-0.05, 0) is 17.7 Å². The van der Waals surface area contributed by atoms with Gasteiger partial charge in [0.1, 0.15) is 0 Å². The SMILES string of the molecule is O=C(O)c1ccc(CS(=O)(=O)N2CCOCC2)cc1. The Hall–Kier alpha value is -1.44. The summed E-state index contributed by atoms with van der Waals surface area (Å²) in [4.78, 5) is 10.7. The van der Waals surface area contributed by atoms with Crippen molar-refractivity contribution in [3.63, 3.8) is 0 Å². The number of sulfonamides is 1. The number of hydrogen-bond acceptors (Lipinski definition) is 4. The van der Waals surface area contributed by atoms with Crippen molar-refractivity contribution in [3.05, 3.63) is 35.4 Å². The molecule has 1 aliphatic heterocycles. The van der Waals surface area contributed by atoms with Crippen LogP contribution in [0.3, 0.4) is 0 Å². The summed E-state index contributed by atoms with van der Waals surface area (Å²) in [5.41, 5.74) is 0.726. The number of hydrogen-bond donors (Lipinski definition) is 1. The zero-order chi connectivity index (χ0) is 13.9. The Morgan fingerprint density at radius 3 is 2.32 bits per heavy atom. The predicted octanol–water partition coefficient (Wildman–Crippen LogP) is 0.547. The Kier molecular flexibility index (Phi) is 4.18. The normalized spacial score (nSPS) is 17.3.